The van der Waals surface area contributed by atoms with Gasteiger partial charge in [0.15, 0.2) is 0 Å². The van der Waals surface area contributed by atoms with E-state index in [1.54, 1.807) is 0 Å². The lowest BCUT2D eigenvalue weighted by atomic mass is 9.76. The molecule has 100 valence electrons. The molecule has 0 bridgehead atoms. The number of rotatable bonds is 3. The number of nitrogens with zero attached hydrogens (tertiary/aromatic N) is 2. The van der Waals surface area contributed by atoms with Crippen molar-refractivity contribution >= 4 is 11.6 Å². The molecule has 0 spiro atoms. The maximum absolute atomic E-state index is 11.6. The van der Waals surface area contributed by atoms with Crippen molar-refractivity contribution in [3.8, 4) is 0 Å². The first-order valence-electron chi connectivity index (χ1n) is 6.51. The summed E-state index contributed by atoms with van der Waals surface area (Å²) in [6.07, 6.45) is 2.50. The molecule has 1 aromatic heterocycles. The fourth-order valence-corrected chi connectivity index (χ4v) is 2.62. The van der Waals surface area contributed by atoms with Crippen LogP contribution in [-0.4, -0.2) is 9.78 Å². The standard InChI is InChI=1S/C14H15ClN2O2/c1-2-13-16-17(14(18)19-13)12-7-10(8-12)9-3-5-11(15)6-4-9/h3-6,10,12H,2,7-8H2,1H3. The molecule has 0 N–H and O–H groups in total. The van der Waals surface area contributed by atoms with Crippen LogP contribution in [0.25, 0.3) is 0 Å². The second kappa shape index (κ2) is 4.85. The highest BCUT2D eigenvalue weighted by Gasteiger charge is 2.34. The van der Waals surface area contributed by atoms with Crippen LogP contribution in [0.15, 0.2) is 33.5 Å². The van der Waals surface area contributed by atoms with E-state index in [0.29, 0.717) is 18.2 Å². The number of aryl methyl sites for hydroxylation is 1. The van der Waals surface area contributed by atoms with E-state index in [1.807, 2.05) is 31.2 Å². The van der Waals surface area contributed by atoms with Gasteiger partial charge in [-0.25, -0.2) is 4.79 Å². The summed E-state index contributed by atoms with van der Waals surface area (Å²) in [5.41, 5.74) is 1.27. The predicted molar refractivity (Wildman–Crippen MR) is 72.6 cm³/mol. The highest BCUT2D eigenvalue weighted by Crippen LogP contribution is 2.43. The highest BCUT2D eigenvalue weighted by atomic mass is 35.5. The molecule has 0 aliphatic heterocycles. The molecule has 0 unspecified atom stereocenters. The Hall–Kier alpha value is -1.55. The van der Waals surface area contributed by atoms with Crippen LogP contribution in [0.2, 0.25) is 5.02 Å². The van der Waals surface area contributed by atoms with Crippen LogP contribution in [-0.2, 0) is 6.42 Å². The Bertz CT molecular complexity index is 624. The van der Waals surface area contributed by atoms with E-state index in [1.165, 1.54) is 10.2 Å². The van der Waals surface area contributed by atoms with E-state index in [-0.39, 0.29) is 11.8 Å². The number of aromatic nitrogens is 2. The molecule has 1 fully saturated rings. The van der Waals surface area contributed by atoms with Crippen LogP contribution in [0.5, 0.6) is 0 Å². The molecule has 1 saturated carbocycles. The quantitative estimate of drug-likeness (QED) is 0.866. The van der Waals surface area contributed by atoms with E-state index in [4.69, 9.17) is 16.0 Å². The second-order valence-electron chi connectivity index (χ2n) is 4.93. The third kappa shape index (κ3) is 2.32. The first kappa shape index (κ1) is 12.5. The third-order valence-electron chi connectivity index (χ3n) is 3.71. The van der Waals surface area contributed by atoms with Gasteiger partial charge in [-0.1, -0.05) is 30.7 Å². The van der Waals surface area contributed by atoms with Crippen LogP contribution >= 0.6 is 11.6 Å². The van der Waals surface area contributed by atoms with Gasteiger partial charge in [0.2, 0.25) is 5.89 Å². The first-order chi connectivity index (χ1) is 9.17. The summed E-state index contributed by atoms with van der Waals surface area (Å²) in [7, 11) is 0. The molecule has 3 rings (SSSR count). The van der Waals surface area contributed by atoms with E-state index >= 15 is 0 Å². The molecular formula is C14H15ClN2O2. The summed E-state index contributed by atoms with van der Waals surface area (Å²) < 4.78 is 6.55. The maximum Gasteiger partial charge on any atom is 0.437 e. The van der Waals surface area contributed by atoms with Gasteiger partial charge in [-0.15, -0.1) is 5.10 Å². The van der Waals surface area contributed by atoms with Crippen LogP contribution < -0.4 is 5.76 Å². The largest absolute Gasteiger partial charge is 0.437 e. The lowest BCUT2D eigenvalue weighted by molar-refractivity contribution is 0.233. The minimum absolute atomic E-state index is 0.164. The molecule has 1 aromatic carbocycles. The molecule has 4 nitrogen and oxygen atoms in total. The minimum Gasteiger partial charge on any atom is -0.392 e. The first-order valence-corrected chi connectivity index (χ1v) is 6.89. The number of benzene rings is 1. The van der Waals surface area contributed by atoms with Crippen molar-refractivity contribution in [2.24, 2.45) is 0 Å². The van der Waals surface area contributed by atoms with Crippen molar-refractivity contribution in [3.05, 3.63) is 51.3 Å². The zero-order valence-corrected chi connectivity index (χ0v) is 11.4. The highest BCUT2D eigenvalue weighted by molar-refractivity contribution is 6.30. The van der Waals surface area contributed by atoms with Gasteiger partial charge in [-0.3, -0.25) is 0 Å². The second-order valence-corrected chi connectivity index (χ2v) is 5.37. The summed E-state index contributed by atoms with van der Waals surface area (Å²) >= 11 is 5.87. The monoisotopic (exact) mass is 278 g/mol. The van der Waals surface area contributed by atoms with E-state index < -0.39 is 0 Å². The molecule has 1 aliphatic rings. The maximum atomic E-state index is 11.6. The summed E-state index contributed by atoms with van der Waals surface area (Å²) in [4.78, 5) is 11.6. The van der Waals surface area contributed by atoms with Gasteiger partial charge in [-0.2, -0.15) is 4.68 Å². The van der Waals surface area contributed by atoms with Crippen molar-refractivity contribution in [1.29, 1.82) is 0 Å². The van der Waals surface area contributed by atoms with Crippen molar-refractivity contribution in [2.75, 3.05) is 0 Å². The van der Waals surface area contributed by atoms with Gasteiger partial charge < -0.3 is 4.42 Å². The van der Waals surface area contributed by atoms with Crippen LogP contribution in [0.1, 0.15) is 43.2 Å². The van der Waals surface area contributed by atoms with Gasteiger partial charge >= 0.3 is 5.76 Å². The lowest BCUT2D eigenvalue weighted by Gasteiger charge is -2.34. The van der Waals surface area contributed by atoms with Crippen LogP contribution in [0.3, 0.4) is 0 Å². The molecule has 0 saturated heterocycles. The van der Waals surface area contributed by atoms with Crippen LogP contribution in [0, 0.1) is 0 Å². The molecule has 0 atom stereocenters. The smallest absolute Gasteiger partial charge is 0.392 e. The molecule has 2 aromatic rings. The van der Waals surface area contributed by atoms with E-state index in [0.717, 1.165) is 17.9 Å². The predicted octanol–water partition coefficient (Wildman–Crippen LogP) is 3.17. The topological polar surface area (TPSA) is 48.0 Å². The Kier molecular flexibility index (Phi) is 3.19. The van der Waals surface area contributed by atoms with E-state index in [2.05, 4.69) is 5.10 Å². The fourth-order valence-electron chi connectivity index (χ4n) is 2.50. The number of hydrogen-bond acceptors (Lipinski definition) is 3. The molecule has 1 heterocycles. The summed E-state index contributed by atoms with van der Waals surface area (Å²) in [5.74, 6) is 0.660. The lowest BCUT2D eigenvalue weighted by Crippen LogP contribution is -2.31. The van der Waals surface area contributed by atoms with Gasteiger partial charge in [0.25, 0.3) is 0 Å². The SMILES string of the molecule is CCc1nn(C2CC(c3ccc(Cl)cc3)C2)c(=O)o1. The molecule has 5 heteroatoms. The Morgan fingerprint density at radius 2 is 2.05 bits per heavy atom. The Morgan fingerprint density at radius 3 is 2.63 bits per heavy atom. The van der Waals surface area contributed by atoms with Gasteiger partial charge in [0.1, 0.15) is 0 Å². The fraction of sp³-hybridized carbons (Fsp3) is 0.429. The summed E-state index contributed by atoms with van der Waals surface area (Å²) in [6.45, 7) is 1.92. The van der Waals surface area contributed by atoms with Crippen molar-refractivity contribution in [1.82, 2.24) is 9.78 Å². The van der Waals surface area contributed by atoms with Crippen molar-refractivity contribution < 1.29 is 4.42 Å². The Morgan fingerprint density at radius 1 is 1.37 bits per heavy atom. The third-order valence-corrected chi connectivity index (χ3v) is 3.97. The van der Waals surface area contributed by atoms with Crippen molar-refractivity contribution in [2.45, 2.75) is 38.1 Å². The Labute approximate surface area is 116 Å². The molecule has 0 amide bonds. The number of halogens is 1. The minimum atomic E-state index is -0.337. The average Bonchev–Trinajstić information content (AvgIpc) is 2.72. The van der Waals surface area contributed by atoms with E-state index in [9.17, 15) is 4.79 Å². The van der Waals surface area contributed by atoms with Crippen LogP contribution in [0.4, 0.5) is 0 Å². The zero-order valence-electron chi connectivity index (χ0n) is 10.7. The summed E-state index contributed by atoms with van der Waals surface area (Å²) in [5, 5.41) is 4.96. The normalized spacial score (nSPS) is 22.2. The average molecular weight is 279 g/mol. The van der Waals surface area contributed by atoms with Crippen molar-refractivity contribution in [3.63, 3.8) is 0 Å². The molecular weight excluding hydrogens is 264 g/mol. The molecule has 1 aliphatic carbocycles. The summed E-state index contributed by atoms with van der Waals surface area (Å²) in [6, 6.07) is 8.07. The molecule has 0 radical (unpaired) electrons. The van der Waals surface area contributed by atoms with Gasteiger partial charge in [-0.05, 0) is 36.5 Å². The van der Waals surface area contributed by atoms with Gasteiger partial charge in [0, 0.05) is 11.4 Å². The number of hydrogen-bond donors (Lipinski definition) is 0. The zero-order chi connectivity index (χ0) is 13.4. The Balaban J connectivity index is 1.71. The van der Waals surface area contributed by atoms with Gasteiger partial charge in [0.05, 0.1) is 6.04 Å². The molecule has 19 heavy (non-hydrogen) atoms.